The van der Waals surface area contributed by atoms with Crippen molar-refractivity contribution in [3.8, 4) is 11.5 Å². The maximum Gasteiger partial charge on any atom is 0.347 e. The summed E-state index contributed by atoms with van der Waals surface area (Å²) in [4.78, 5) is 24.8. The molecule has 2 heterocycles. The Labute approximate surface area is 163 Å². The molecule has 1 N–H and O–H groups in total. The Balaban J connectivity index is 2.03. The van der Waals surface area contributed by atoms with E-state index in [1.807, 2.05) is 6.92 Å². The lowest BCUT2D eigenvalue weighted by Gasteiger charge is -2.22. The number of rotatable bonds is 4. The highest BCUT2D eigenvalue weighted by Crippen LogP contribution is 2.42. The third kappa shape index (κ3) is 3.91. The molecule has 1 aromatic carbocycles. The van der Waals surface area contributed by atoms with Gasteiger partial charge < -0.3 is 18.7 Å². The summed E-state index contributed by atoms with van der Waals surface area (Å²) in [7, 11) is 0. The van der Waals surface area contributed by atoms with E-state index < -0.39 is 11.6 Å². The highest BCUT2D eigenvalue weighted by Gasteiger charge is 2.24. The number of esters is 1. The van der Waals surface area contributed by atoms with Crippen LogP contribution in [0, 0.1) is 25.2 Å². The molecule has 1 unspecified atom stereocenters. The van der Waals surface area contributed by atoms with Crippen molar-refractivity contribution >= 4 is 27.9 Å². The summed E-state index contributed by atoms with van der Waals surface area (Å²) in [6.07, 6.45) is 1.08. The standard InChI is InChI=1S/C22H26O6/c1-11(10-22(4,5)6)7-16(23)28-20-18(24)12(2)8-14-17-15(27-19(14)20)9-13(3)26-21(17)25/h8-9,11,24H,7,10H2,1-6H3. The van der Waals surface area contributed by atoms with Gasteiger partial charge in [0.15, 0.2) is 11.3 Å². The topological polar surface area (TPSA) is 89.9 Å². The maximum atomic E-state index is 12.5. The monoisotopic (exact) mass is 386 g/mol. The average molecular weight is 386 g/mol. The summed E-state index contributed by atoms with van der Waals surface area (Å²) >= 11 is 0. The highest BCUT2D eigenvalue weighted by molar-refractivity contribution is 6.08. The molecule has 28 heavy (non-hydrogen) atoms. The van der Waals surface area contributed by atoms with Crippen molar-refractivity contribution < 1.29 is 23.5 Å². The fourth-order valence-electron chi connectivity index (χ4n) is 3.72. The van der Waals surface area contributed by atoms with Crippen molar-refractivity contribution in [2.24, 2.45) is 11.3 Å². The van der Waals surface area contributed by atoms with Gasteiger partial charge in [0.05, 0.1) is 0 Å². The number of fused-ring (bicyclic) bond motifs is 3. The van der Waals surface area contributed by atoms with Gasteiger partial charge in [-0.05, 0) is 43.2 Å². The van der Waals surface area contributed by atoms with Crippen LogP contribution < -0.4 is 10.4 Å². The van der Waals surface area contributed by atoms with Crippen LogP contribution in [0.3, 0.4) is 0 Å². The van der Waals surface area contributed by atoms with Crippen LogP contribution in [0.4, 0.5) is 0 Å². The molecule has 0 amide bonds. The molecule has 0 saturated carbocycles. The molecule has 0 bridgehead atoms. The largest absolute Gasteiger partial charge is 0.504 e. The van der Waals surface area contributed by atoms with Crippen LogP contribution in [0.1, 0.15) is 51.9 Å². The first-order valence-corrected chi connectivity index (χ1v) is 9.36. The number of hydrogen-bond donors (Lipinski definition) is 1. The molecule has 0 saturated heterocycles. The zero-order valence-corrected chi connectivity index (χ0v) is 17.1. The first kappa shape index (κ1) is 20.0. The Bertz CT molecular complexity index is 1110. The normalized spacial score (nSPS) is 13.2. The van der Waals surface area contributed by atoms with Crippen molar-refractivity contribution in [3.05, 3.63) is 33.9 Å². The van der Waals surface area contributed by atoms with Gasteiger partial charge in [0.25, 0.3) is 0 Å². The minimum absolute atomic E-state index is 0.0591. The summed E-state index contributed by atoms with van der Waals surface area (Å²) in [5, 5.41) is 11.2. The number of aromatic hydroxyl groups is 1. The molecule has 150 valence electrons. The van der Waals surface area contributed by atoms with Crippen molar-refractivity contribution in [2.75, 3.05) is 0 Å². The maximum absolute atomic E-state index is 12.5. The number of furan rings is 1. The van der Waals surface area contributed by atoms with Gasteiger partial charge in [-0.15, -0.1) is 0 Å². The second kappa shape index (κ2) is 7.00. The van der Waals surface area contributed by atoms with Gasteiger partial charge in [-0.25, -0.2) is 4.79 Å². The van der Waals surface area contributed by atoms with Crippen LogP contribution in [0.25, 0.3) is 21.9 Å². The van der Waals surface area contributed by atoms with Gasteiger partial charge >= 0.3 is 11.6 Å². The molecule has 0 aliphatic heterocycles. The Morgan fingerprint density at radius 2 is 1.89 bits per heavy atom. The average Bonchev–Trinajstić information content (AvgIpc) is 2.87. The number of phenolic OH excluding ortho intramolecular Hbond substituents is 1. The van der Waals surface area contributed by atoms with Crippen LogP contribution in [-0.2, 0) is 4.79 Å². The molecule has 2 aromatic heterocycles. The fraction of sp³-hybridized carbons (Fsp3) is 0.455. The Morgan fingerprint density at radius 3 is 2.54 bits per heavy atom. The predicted octanol–water partition coefficient (Wildman–Crippen LogP) is 5.23. The molecule has 0 spiro atoms. The molecule has 0 aliphatic rings. The summed E-state index contributed by atoms with van der Waals surface area (Å²) in [5.74, 6) is -0.157. The van der Waals surface area contributed by atoms with Crippen molar-refractivity contribution in [2.45, 2.75) is 54.4 Å². The number of benzene rings is 1. The summed E-state index contributed by atoms with van der Waals surface area (Å²) in [6.45, 7) is 11.7. The molecule has 0 fully saturated rings. The second-order valence-electron chi connectivity index (χ2n) is 8.78. The molecule has 3 aromatic rings. The van der Waals surface area contributed by atoms with E-state index in [0.29, 0.717) is 22.3 Å². The first-order valence-electron chi connectivity index (χ1n) is 9.36. The number of ether oxygens (including phenoxy) is 1. The van der Waals surface area contributed by atoms with Gasteiger partial charge in [0.2, 0.25) is 5.75 Å². The molecule has 0 radical (unpaired) electrons. The number of aryl methyl sites for hydroxylation is 2. The molecule has 6 nitrogen and oxygen atoms in total. The predicted molar refractivity (Wildman–Crippen MR) is 107 cm³/mol. The zero-order chi connectivity index (χ0) is 20.8. The van der Waals surface area contributed by atoms with Crippen LogP contribution in [0.2, 0.25) is 0 Å². The summed E-state index contributed by atoms with van der Waals surface area (Å²) in [5.41, 5.74) is 0.527. The van der Waals surface area contributed by atoms with Crippen LogP contribution in [-0.4, -0.2) is 11.1 Å². The fourth-order valence-corrected chi connectivity index (χ4v) is 3.72. The van der Waals surface area contributed by atoms with Crippen molar-refractivity contribution in [3.63, 3.8) is 0 Å². The smallest absolute Gasteiger partial charge is 0.347 e. The second-order valence-corrected chi connectivity index (χ2v) is 8.78. The molecule has 3 rings (SSSR count). The zero-order valence-electron chi connectivity index (χ0n) is 17.1. The summed E-state index contributed by atoms with van der Waals surface area (Å²) < 4.78 is 16.4. The quantitative estimate of drug-likeness (QED) is 0.488. The number of carbonyl (C=O) groups is 1. The molecule has 0 aliphatic carbocycles. The van der Waals surface area contributed by atoms with Gasteiger partial charge in [-0.3, -0.25) is 4.79 Å². The molecule has 6 heteroatoms. The van der Waals surface area contributed by atoms with E-state index in [1.165, 1.54) is 0 Å². The minimum Gasteiger partial charge on any atom is -0.504 e. The number of carbonyl (C=O) groups excluding carboxylic acids is 1. The minimum atomic E-state index is -0.532. The highest BCUT2D eigenvalue weighted by atomic mass is 16.5. The summed E-state index contributed by atoms with van der Waals surface area (Å²) in [6, 6.07) is 3.22. The van der Waals surface area contributed by atoms with Crippen molar-refractivity contribution in [1.29, 1.82) is 0 Å². The van der Waals surface area contributed by atoms with Gasteiger partial charge in [0.1, 0.15) is 16.7 Å². The van der Waals surface area contributed by atoms with Gasteiger partial charge in [-0.2, -0.15) is 0 Å². The number of hydrogen-bond acceptors (Lipinski definition) is 6. The third-order valence-corrected chi connectivity index (χ3v) is 4.61. The Kier molecular flexibility index (Phi) is 5.00. The van der Waals surface area contributed by atoms with Crippen molar-refractivity contribution in [1.82, 2.24) is 0 Å². The van der Waals surface area contributed by atoms with E-state index in [1.54, 1.807) is 26.0 Å². The van der Waals surface area contributed by atoms with Gasteiger partial charge in [-0.1, -0.05) is 27.7 Å². The molecular weight excluding hydrogens is 360 g/mol. The van der Waals surface area contributed by atoms with Gasteiger partial charge in [0, 0.05) is 17.9 Å². The van der Waals surface area contributed by atoms with E-state index >= 15 is 0 Å². The number of phenols is 1. The Hall–Kier alpha value is -2.76. The Morgan fingerprint density at radius 1 is 1.21 bits per heavy atom. The SMILES string of the molecule is Cc1cc2oc3c(OC(=O)CC(C)CC(C)(C)C)c(O)c(C)cc3c2c(=O)o1. The molecular formula is C22H26O6. The van der Waals surface area contributed by atoms with Crippen LogP contribution >= 0.6 is 0 Å². The lowest BCUT2D eigenvalue weighted by Crippen LogP contribution is -2.17. The lowest BCUT2D eigenvalue weighted by atomic mass is 9.84. The van der Waals surface area contributed by atoms with E-state index in [0.717, 1.165) is 6.42 Å². The van der Waals surface area contributed by atoms with E-state index in [9.17, 15) is 14.7 Å². The lowest BCUT2D eigenvalue weighted by molar-refractivity contribution is -0.135. The van der Waals surface area contributed by atoms with Crippen LogP contribution in [0.15, 0.2) is 25.8 Å². The van der Waals surface area contributed by atoms with E-state index in [4.69, 9.17) is 13.6 Å². The van der Waals surface area contributed by atoms with Crippen LogP contribution in [0.5, 0.6) is 11.5 Å². The van der Waals surface area contributed by atoms with E-state index in [2.05, 4.69) is 20.8 Å². The molecule has 1 atom stereocenters. The first-order chi connectivity index (χ1) is 13.0. The third-order valence-electron chi connectivity index (χ3n) is 4.61. The van der Waals surface area contributed by atoms with E-state index in [-0.39, 0.29) is 40.2 Å².